The molecule has 4 aromatic carbocycles. The first-order valence-electron chi connectivity index (χ1n) is 12.7. The summed E-state index contributed by atoms with van der Waals surface area (Å²) in [6, 6.07) is 28.2. The Morgan fingerprint density at radius 2 is 1.39 bits per heavy atom. The summed E-state index contributed by atoms with van der Waals surface area (Å²) in [4.78, 5) is 42.2. The first-order valence-corrected chi connectivity index (χ1v) is 13.5. The molecule has 4 aromatic rings. The van der Waals surface area contributed by atoms with Gasteiger partial charge >= 0.3 is 0 Å². The number of thioether (sulfide) groups is 1. The molecule has 3 amide bonds. The van der Waals surface area contributed by atoms with Crippen LogP contribution in [-0.2, 0) is 9.59 Å². The van der Waals surface area contributed by atoms with Crippen molar-refractivity contribution in [1.82, 2.24) is 0 Å². The molecule has 9 heteroatoms. The molecular formula is C32H27N3O5S. The van der Waals surface area contributed by atoms with Crippen molar-refractivity contribution in [3.05, 3.63) is 119 Å². The van der Waals surface area contributed by atoms with Crippen molar-refractivity contribution in [3.8, 4) is 11.5 Å². The third-order valence-electron chi connectivity index (χ3n) is 6.36. The number of nitrogens with one attached hydrogen (secondary N) is 2. The maximum Gasteiger partial charge on any atom is 0.283 e. The van der Waals surface area contributed by atoms with Gasteiger partial charge in [0.25, 0.3) is 17.7 Å². The molecule has 1 aliphatic heterocycles. The van der Waals surface area contributed by atoms with Crippen LogP contribution >= 0.6 is 11.8 Å². The van der Waals surface area contributed by atoms with Gasteiger partial charge in [0, 0.05) is 21.8 Å². The van der Waals surface area contributed by atoms with E-state index in [1.165, 1.54) is 0 Å². The summed E-state index contributed by atoms with van der Waals surface area (Å²) in [6.07, 6.45) is 0. The molecule has 8 nitrogen and oxygen atoms in total. The molecule has 0 spiro atoms. The van der Waals surface area contributed by atoms with Crippen molar-refractivity contribution in [1.29, 1.82) is 0 Å². The Bertz CT molecular complexity index is 1630. The van der Waals surface area contributed by atoms with E-state index >= 15 is 0 Å². The SMILES string of the molecule is COc1ccc(C(=O)Nc2cccc(SC3=C(Nc4ccc(C)cc4)C(=O)N(c4ccc(OC)cc4)C3=O)c2)cc1. The number of hydrogen-bond acceptors (Lipinski definition) is 7. The zero-order chi connectivity index (χ0) is 28.9. The lowest BCUT2D eigenvalue weighted by atomic mass is 10.2. The number of anilines is 3. The molecular weight excluding hydrogens is 538 g/mol. The highest BCUT2D eigenvalue weighted by atomic mass is 32.2. The molecule has 0 aliphatic carbocycles. The number of benzene rings is 4. The molecule has 1 aliphatic rings. The lowest BCUT2D eigenvalue weighted by Crippen LogP contribution is -2.32. The van der Waals surface area contributed by atoms with Crippen LogP contribution in [0, 0.1) is 6.92 Å². The van der Waals surface area contributed by atoms with Gasteiger partial charge in [-0.05, 0) is 85.8 Å². The Labute approximate surface area is 242 Å². The summed E-state index contributed by atoms with van der Waals surface area (Å²) < 4.78 is 10.4. The van der Waals surface area contributed by atoms with Gasteiger partial charge in [0.1, 0.15) is 22.1 Å². The summed E-state index contributed by atoms with van der Waals surface area (Å²) in [6.45, 7) is 1.97. The molecule has 0 unspecified atom stereocenters. The fraction of sp³-hybridized carbons (Fsp3) is 0.0938. The first kappa shape index (κ1) is 27.5. The van der Waals surface area contributed by atoms with Crippen LogP contribution in [0.25, 0.3) is 0 Å². The molecule has 0 aromatic heterocycles. The third kappa shape index (κ3) is 6.10. The van der Waals surface area contributed by atoms with Crippen molar-refractivity contribution in [2.75, 3.05) is 29.8 Å². The minimum Gasteiger partial charge on any atom is -0.497 e. The van der Waals surface area contributed by atoms with E-state index in [-0.39, 0.29) is 16.5 Å². The van der Waals surface area contributed by atoms with Gasteiger partial charge < -0.3 is 20.1 Å². The van der Waals surface area contributed by atoms with Gasteiger partial charge in [-0.3, -0.25) is 14.4 Å². The van der Waals surface area contributed by atoms with E-state index in [1.54, 1.807) is 80.9 Å². The van der Waals surface area contributed by atoms with Gasteiger partial charge in [-0.2, -0.15) is 0 Å². The number of carbonyl (C=O) groups excluding carboxylic acids is 3. The van der Waals surface area contributed by atoms with Crippen LogP contribution in [0.3, 0.4) is 0 Å². The van der Waals surface area contributed by atoms with Gasteiger partial charge in [-0.25, -0.2) is 4.90 Å². The molecule has 0 radical (unpaired) electrons. The van der Waals surface area contributed by atoms with Crippen molar-refractivity contribution in [2.24, 2.45) is 0 Å². The molecule has 5 rings (SSSR count). The molecule has 0 saturated heterocycles. The second-order valence-electron chi connectivity index (χ2n) is 9.15. The lowest BCUT2D eigenvalue weighted by molar-refractivity contribution is -0.120. The van der Waals surface area contributed by atoms with Gasteiger partial charge in [0.15, 0.2) is 0 Å². The number of hydrogen-bond donors (Lipinski definition) is 2. The Kier molecular flexibility index (Phi) is 8.07. The number of nitrogens with zero attached hydrogens (tertiary/aromatic N) is 1. The van der Waals surface area contributed by atoms with Crippen molar-refractivity contribution in [2.45, 2.75) is 11.8 Å². The average molecular weight is 566 g/mol. The highest BCUT2D eigenvalue weighted by Gasteiger charge is 2.40. The highest BCUT2D eigenvalue weighted by Crippen LogP contribution is 2.39. The maximum absolute atomic E-state index is 13.7. The summed E-state index contributed by atoms with van der Waals surface area (Å²) in [5, 5.41) is 6.04. The summed E-state index contributed by atoms with van der Waals surface area (Å²) in [7, 11) is 3.11. The van der Waals surface area contributed by atoms with Crippen LogP contribution in [0.5, 0.6) is 11.5 Å². The zero-order valence-corrected chi connectivity index (χ0v) is 23.5. The van der Waals surface area contributed by atoms with E-state index < -0.39 is 11.8 Å². The van der Waals surface area contributed by atoms with E-state index in [1.807, 2.05) is 37.3 Å². The molecule has 0 fully saturated rings. The van der Waals surface area contributed by atoms with Crippen LogP contribution in [0.15, 0.2) is 113 Å². The predicted octanol–water partition coefficient (Wildman–Crippen LogP) is 6.25. The van der Waals surface area contributed by atoms with Crippen molar-refractivity contribution >= 4 is 46.5 Å². The number of imide groups is 1. The zero-order valence-electron chi connectivity index (χ0n) is 22.6. The van der Waals surface area contributed by atoms with Crippen LogP contribution < -0.4 is 25.0 Å². The smallest absolute Gasteiger partial charge is 0.283 e. The summed E-state index contributed by atoms with van der Waals surface area (Å²) >= 11 is 1.15. The molecule has 2 N–H and O–H groups in total. The maximum atomic E-state index is 13.7. The largest absolute Gasteiger partial charge is 0.497 e. The summed E-state index contributed by atoms with van der Waals surface area (Å²) in [5.74, 6) is 0.0674. The number of rotatable bonds is 9. The van der Waals surface area contributed by atoms with Crippen LogP contribution in [-0.4, -0.2) is 31.9 Å². The first-order chi connectivity index (χ1) is 19.9. The Morgan fingerprint density at radius 1 is 0.756 bits per heavy atom. The minimum absolute atomic E-state index is 0.173. The van der Waals surface area contributed by atoms with E-state index in [9.17, 15) is 14.4 Å². The van der Waals surface area contributed by atoms with E-state index in [2.05, 4.69) is 10.6 Å². The summed E-state index contributed by atoms with van der Waals surface area (Å²) in [5.41, 5.74) is 3.38. The Hall–Kier alpha value is -5.02. The predicted molar refractivity (Wildman–Crippen MR) is 161 cm³/mol. The number of amides is 3. The third-order valence-corrected chi connectivity index (χ3v) is 7.43. The topological polar surface area (TPSA) is 97.0 Å². The van der Waals surface area contributed by atoms with Crippen molar-refractivity contribution in [3.63, 3.8) is 0 Å². The Balaban J connectivity index is 1.43. The average Bonchev–Trinajstić information content (AvgIpc) is 3.22. The van der Waals surface area contributed by atoms with E-state index in [4.69, 9.17) is 9.47 Å². The van der Waals surface area contributed by atoms with Crippen LogP contribution in [0.1, 0.15) is 15.9 Å². The minimum atomic E-state index is -0.466. The molecule has 1 heterocycles. The number of carbonyl (C=O) groups is 3. The molecule has 0 bridgehead atoms. The number of methoxy groups -OCH3 is 2. The fourth-order valence-electron chi connectivity index (χ4n) is 4.16. The molecule has 41 heavy (non-hydrogen) atoms. The van der Waals surface area contributed by atoms with Gasteiger partial charge in [0.05, 0.1) is 19.9 Å². The molecule has 0 atom stereocenters. The second-order valence-corrected chi connectivity index (χ2v) is 10.2. The lowest BCUT2D eigenvalue weighted by Gasteiger charge is -2.15. The standard InChI is InChI=1S/C32H27N3O5S/c1-20-7-11-22(12-8-20)33-28-29(32(38)35(31(28)37)24-13-17-26(40-3)18-14-24)41-27-6-4-5-23(19-27)34-30(36)21-9-15-25(39-2)16-10-21/h4-19,33H,1-3H3,(H,34,36). The van der Waals surface area contributed by atoms with E-state index in [0.717, 1.165) is 22.2 Å². The van der Waals surface area contributed by atoms with Crippen LogP contribution in [0.2, 0.25) is 0 Å². The van der Waals surface area contributed by atoms with Crippen molar-refractivity contribution < 1.29 is 23.9 Å². The van der Waals surface area contributed by atoms with Crippen LogP contribution in [0.4, 0.5) is 17.1 Å². The normalized spacial score (nSPS) is 12.9. The Morgan fingerprint density at radius 3 is 2.02 bits per heavy atom. The second kappa shape index (κ2) is 12.0. The fourth-order valence-corrected chi connectivity index (χ4v) is 5.15. The number of aryl methyl sites for hydroxylation is 1. The van der Waals surface area contributed by atoms with E-state index in [0.29, 0.717) is 39.0 Å². The van der Waals surface area contributed by atoms with Gasteiger partial charge in [-0.1, -0.05) is 35.5 Å². The van der Waals surface area contributed by atoms with Gasteiger partial charge in [0.2, 0.25) is 0 Å². The quantitative estimate of drug-likeness (QED) is 0.232. The molecule has 206 valence electrons. The highest BCUT2D eigenvalue weighted by molar-refractivity contribution is 8.04. The molecule has 0 saturated carbocycles. The number of ether oxygens (including phenoxy) is 2. The monoisotopic (exact) mass is 565 g/mol. The van der Waals surface area contributed by atoms with Gasteiger partial charge in [-0.15, -0.1) is 0 Å².